The highest BCUT2D eigenvalue weighted by Crippen LogP contribution is 2.37. The third-order valence-corrected chi connectivity index (χ3v) is 3.51. The standard InChI is InChI=1S/C13H14O3S/c1-15-10-6-4-3-5-9(10)12(14)13-11(16-2)7-8-17-13/h3-8,12,14H,1-2H3. The summed E-state index contributed by atoms with van der Waals surface area (Å²) < 4.78 is 10.5. The molecule has 2 aromatic rings. The van der Waals surface area contributed by atoms with Crippen molar-refractivity contribution < 1.29 is 14.6 Å². The third-order valence-electron chi connectivity index (χ3n) is 2.56. The van der Waals surface area contributed by atoms with E-state index in [1.807, 2.05) is 35.7 Å². The molecule has 0 aliphatic rings. The lowest BCUT2D eigenvalue weighted by atomic mass is 10.1. The van der Waals surface area contributed by atoms with Gasteiger partial charge in [0.15, 0.2) is 0 Å². The van der Waals surface area contributed by atoms with Crippen molar-refractivity contribution in [1.82, 2.24) is 0 Å². The smallest absolute Gasteiger partial charge is 0.135 e. The Kier molecular flexibility index (Phi) is 3.66. The average molecular weight is 250 g/mol. The molecule has 0 saturated carbocycles. The predicted octanol–water partition coefficient (Wildman–Crippen LogP) is 2.85. The van der Waals surface area contributed by atoms with Gasteiger partial charge in [0.05, 0.1) is 19.1 Å². The molecule has 1 N–H and O–H groups in total. The molecule has 0 radical (unpaired) electrons. The van der Waals surface area contributed by atoms with Crippen LogP contribution in [0.1, 0.15) is 16.5 Å². The van der Waals surface area contributed by atoms with E-state index in [-0.39, 0.29) is 0 Å². The number of aliphatic hydroxyl groups is 1. The molecule has 0 spiro atoms. The number of hydrogen-bond donors (Lipinski definition) is 1. The highest BCUT2D eigenvalue weighted by Gasteiger charge is 2.19. The summed E-state index contributed by atoms with van der Waals surface area (Å²) in [4.78, 5) is 0.789. The molecular formula is C13H14O3S. The predicted molar refractivity (Wildman–Crippen MR) is 67.9 cm³/mol. The molecule has 0 aliphatic heterocycles. The maximum absolute atomic E-state index is 10.4. The van der Waals surface area contributed by atoms with Crippen LogP contribution in [-0.2, 0) is 0 Å². The lowest BCUT2D eigenvalue weighted by molar-refractivity contribution is 0.213. The summed E-state index contributed by atoms with van der Waals surface area (Å²) >= 11 is 1.47. The van der Waals surface area contributed by atoms with Crippen LogP contribution in [0, 0.1) is 0 Å². The number of thiophene rings is 1. The number of ether oxygens (including phenoxy) is 2. The Morgan fingerprint density at radius 1 is 1.06 bits per heavy atom. The Balaban J connectivity index is 2.40. The minimum absolute atomic E-state index is 0.676. The van der Waals surface area contributed by atoms with Crippen molar-refractivity contribution >= 4 is 11.3 Å². The summed E-state index contributed by atoms with van der Waals surface area (Å²) in [5.74, 6) is 1.38. The van der Waals surface area contributed by atoms with E-state index in [2.05, 4.69) is 0 Å². The Bertz CT molecular complexity index is 493. The van der Waals surface area contributed by atoms with E-state index in [1.165, 1.54) is 11.3 Å². The molecule has 1 heterocycles. The van der Waals surface area contributed by atoms with Crippen LogP contribution < -0.4 is 9.47 Å². The fourth-order valence-electron chi connectivity index (χ4n) is 1.71. The molecule has 0 saturated heterocycles. The molecule has 0 aliphatic carbocycles. The topological polar surface area (TPSA) is 38.7 Å². The highest BCUT2D eigenvalue weighted by atomic mass is 32.1. The molecule has 1 unspecified atom stereocenters. The van der Waals surface area contributed by atoms with Gasteiger partial charge in [-0.1, -0.05) is 18.2 Å². The number of benzene rings is 1. The number of aliphatic hydroxyl groups excluding tert-OH is 1. The summed E-state index contributed by atoms with van der Waals surface area (Å²) in [7, 11) is 3.19. The van der Waals surface area contributed by atoms with Gasteiger partial charge in [0.2, 0.25) is 0 Å². The van der Waals surface area contributed by atoms with E-state index in [0.717, 1.165) is 10.4 Å². The van der Waals surface area contributed by atoms with E-state index < -0.39 is 6.10 Å². The lowest BCUT2D eigenvalue weighted by Gasteiger charge is -2.14. The fraction of sp³-hybridized carbons (Fsp3) is 0.231. The molecule has 90 valence electrons. The van der Waals surface area contributed by atoms with E-state index in [1.54, 1.807) is 14.2 Å². The van der Waals surface area contributed by atoms with Crippen LogP contribution in [0.4, 0.5) is 0 Å². The summed E-state index contributed by atoms with van der Waals surface area (Å²) in [6, 6.07) is 9.28. The van der Waals surface area contributed by atoms with E-state index in [0.29, 0.717) is 11.5 Å². The second kappa shape index (κ2) is 5.21. The molecular weight excluding hydrogens is 236 g/mol. The van der Waals surface area contributed by atoms with E-state index in [4.69, 9.17) is 9.47 Å². The molecule has 0 fully saturated rings. The van der Waals surface area contributed by atoms with E-state index in [9.17, 15) is 5.11 Å². The third kappa shape index (κ3) is 2.28. The largest absolute Gasteiger partial charge is 0.496 e. The zero-order valence-electron chi connectivity index (χ0n) is 9.71. The second-order valence-electron chi connectivity index (χ2n) is 3.50. The van der Waals surface area contributed by atoms with Crippen molar-refractivity contribution in [3.63, 3.8) is 0 Å². The molecule has 0 amide bonds. The van der Waals surface area contributed by atoms with Crippen LogP contribution in [0.15, 0.2) is 35.7 Å². The van der Waals surface area contributed by atoms with Crippen LogP contribution in [0.5, 0.6) is 11.5 Å². The summed E-state index contributed by atoms with van der Waals surface area (Å²) in [6.45, 7) is 0. The quantitative estimate of drug-likeness (QED) is 0.906. The number of para-hydroxylation sites is 1. The minimum Gasteiger partial charge on any atom is -0.496 e. The van der Waals surface area contributed by atoms with Gasteiger partial charge >= 0.3 is 0 Å². The van der Waals surface area contributed by atoms with Gasteiger partial charge < -0.3 is 14.6 Å². The number of hydrogen-bond acceptors (Lipinski definition) is 4. The molecule has 17 heavy (non-hydrogen) atoms. The molecule has 1 aromatic carbocycles. The van der Waals surface area contributed by atoms with Gasteiger partial charge in [-0.3, -0.25) is 0 Å². The van der Waals surface area contributed by atoms with Gasteiger partial charge in [-0.25, -0.2) is 0 Å². The molecule has 2 rings (SSSR count). The van der Waals surface area contributed by atoms with Crippen molar-refractivity contribution in [3.8, 4) is 11.5 Å². The average Bonchev–Trinajstić information content (AvgIpc) is 2.86. The SMILES string of the molecule is COc1ccccc1C(O)c1sccc1OC. The first-order valence-corrected chi connectivity index (χ1v) is 6.08. The Morgan fingerprint density at radius 2 is 1.76 bits per heavy atom. The second-order valence-corrected chi connectivity index (χ2v) is 4.45. The van der Waals surface area contributed by atoms with Gasteiger partial charge in [0, 0.05) is 5.56 Å². The molecule has 1 atom stereocenters. The maximum atomic E-state index is 10.4. The summed E-state index contributed by atoms with van der Waals surface area (Å²) in [5.41, 5.74) is 0.746. The number of rotatable bonds is 4. The van der Waals surface area contributed by atoms with Crippen molar-refractivity contribution in [2.45, 2.75) is 6.10 Å². The van der Waals surface area contributed by atoms with E-state index >= 15 is 0 Å². The minimum atomic E-state index is -0.721. The Labute approximate surface area is 104 Å². The first kappa shape index (κ1) is 12.0. The highest BCUT2D eigenvalue weighted by molar-refractivity contribution is 7.10. The van der Waals surface area contributed by atoms with Crippen LogP contribution in [-0.4, -0.2) is 19.3 Å². The van der Waals surface area contributed by atoms with Crippen LogP contribution in [0.3, 0.4) is 0 Å². The Hall–Kier alpha value is -1.52. The maximum Gasteiger partial charge on any atom is 0.135 e. The first-order valence-electron chi connectivity index (χ1n) is 5.20. The zero-order chi connectivity index (χ0) is 12.3. The van der Waals surface area contributed by atoms with Crippen molar-refractivity contribution in [1.29, 1.82) is 0 Å². The van der Waals surface area contributed by atoms with Gasteiger partial charge in [0.25, 0.3) is 0 Å². The first-order chi connectivity index (χ1) is 8.27. The molecule has 3 nitrogen and oxygen atoms in total. The van der Waals surface area contributed by atoms with Crippen molar-refractivity contribution in [2.75, 3.05) is 14.2 Å². The monoisotopic (exact) mass is 250 g/mol. The van der Waals surface area contributed by atoms with Gasteiger partial charge in [-0.05, 0) is 17.5 Å². The van der Waals surface area contributed by atoms with Gasteiger partial charge in [-0.2, -0.15) is 0 Å². The van der Waals surface area contributed by atoms with Gasteiger partial charge in [0.1, 0.15) is 17.6 Å². The Morgan fingerprint density at radius 3 is 2.47 bits per heavy atom. The number of methoxy groups -OCH3 is 2. The van der Waals surface area contributed by atoms with Gasteiger partial charge in [-0.15, -0.1) is 11.3 Å². The van der Waals surface area contributed by atoms with Crippen molar-refractivity contribution in [3.05, 3.63) is 46.2 Å². The summed E-state index contributed by atoms with van der Waals surface area (Å²) in [6.07, 6.45) is -0.721. The zero-order valence-corrected chi connectivity index (χ0v) is 10.5. The normalized spacial score (nSPS) is 12.2. The lowest BCUT2D eigenvalue weighted by Crippen LogP contribution is -2.01. The molecule has 4 heteroatoms. The molecule has 0 bridgehead atoms. The van der Waals surface area contributed by atoms with Crippen LogP contribution in [0.2, 0.25) is 0 Å². The summed E-state index contributed by atoms with van der Waals surface area (Å²) in [5, 5.41) is 12.3. The fourth-order valence-corrected chi connectivity index (χ4v) is 2.57. The van der Waals surface area contributed by atoms with Crippen LogP contribution >= 0.6 is 11.3 Å². The van der Waals surface area contributed by atoms with Crippen molar-refractivity contribution in [2.24, 2.45) is 0 Å². The molecule has 1 aromatic heterocycles. The van der Waals surface area contributed by atoms with Crippen LogP contribution in [0.25, 0.3) is 0 Å².